The second-order valence-electron chi connectivity index (χ2n) is 6.23. The van der Waals surface area contributed by atoms with Crippen molar-refractivity contribution in [3.8, 4) is 11.5 Å². The molecule has 0 spiro atoms. The average Bonchev–Trinajstić information content (AvgIpc) is 2.98. The van der Waals surface area contributed by atoms with Gasteiger partial charge in [0.05, 0.1) is 0 Å². The lowest BCUT2D eigenvalue weighted by atomic mass is 9.93. The van der Waals surface area contributed by atoms with Gasteiger partial charge in [0.15, 0.2) is 5.58 Å². The summed E-state index contributed by atoms with van der Waals surface area (Å²) < 4.78 is 11.8. The molecular weight excluding hydrogens is 326 g/mol. The Balaban J connectivity index is 1.73. The van der Waals surface area contributed by atoms with Gasteiger partial charge in [0, 0.05) is 23.7 Å². The molecule has 0 aliphatic carbocycles. The lowest BCUT2D eigenvalue weighted by Gasteiger charge is -2.38. The van der Waals surface area contributed by atoms with E-state index in [0.29, 0.717) is 29.6 Å². The first-order valence-electron chi connectivity index (χ1n) is 7.85. The predicted octanol–water partition coefficient (Wildman–Crippen LogP) is 3.27. The molecule has 24 heavy (non-hydrogen) atoms. The first kappa shape index (κ1) is 15.6. The molecule has 0 saturated carbocycles. The van der Waals surface area contributed by atoms with Crippen molar-refractivity contribution in [2.45, 2.75) is 18.8 Å². The lowest BCUT2D eigenvalue weighted by Crippen LogP contribution is -2.53. The molecule has 4 rings (SSSR count). The van der Waals surface area contributed by atoms with Crippen LogP contribution in [0.3, 0.4) is 0 Å². The minimum absolute atomic E-state index is 0.320. The second-order valence-corrected chi connectivity index (χ2v) is 6.67. The van der Waals surface area contributed by atoms with Crippen LogP contribution < -0.4 is 11.1 Å². The van der Waals surface area contributed by atoms with Crippen molar-refractivity contribution in [2.75, 3.05) is 13.1 Å². The topological polar surface area (TPSA) is 73.3 Å². The van der Waals surface area contributed by atoms with Crippen LogP contribution in [-0.4, -0.2) is 24.3 Å². The molecule has 3 N–H and O–H groups in total. The van der Waals surface area contributed by atoms with E-state index < -0.39 is 5.60 Å². The zero-order chi connectivity index (χ0) is 16.7. The Morgan fingerprint density at radius 2 is 2.17 bits per heavy atom. The van der Waals surface area contributed by atoms with Gasteiger partial charge in [0.2, 0.25) is 5.89 Å². The van der Waals surface area contributed by atoms with Gasteiger partial charge in [0.1, 0.15) is 17.3 Å². The van der Waals surface area contributed by atoms with Crippen LogP contribution in [0.4, 0.5) is 0 Å². The van der Waals surface area contributed by atoms with Gasteiger partial charge in [-0.1, -0.05) is 23.7 Å². The van der Waals surface area contributed by atoms with Crippen molar-refractivity contribution in [1.29, 1.82) is 0 Å². The number of fused-ring (bicyclic) bond motifs is 1. The SMILES string of the molecule is CC1(c2cccc(-c3nc4cc(Cl)ccc4o3)c2)CNCC(N)O1. The standard InChI is InChI=1S/C18H18ClN3O2/c1-18(10-21-9-16(20)24-18)12-4-2-3-11(7-12)17-22-14-8-13(19)5-6-15(14)23-17/h2-8,16,21H,9-10,20H2,1H3. The maximum Gasteiger partial charge on any atom is 0.227 e. The minimum Gasteiger partial charge on any atom is -0.436 e. The van der Waals surface area contributed by atoms with Gasteiger partial charge < -0.3 is 20.2 Å². The second kappa shape index (κ2) is 5.86. The smallest absolute Gasteiger partial charge is 0.227 e. The van der Waals surface area contributed by atoms with Gasteiger partial charge in [-0.3, -0.25) is 0 Å². The number of ether oxygens (including phenoxy) is 1. The zero-order valence-electron chi connectivity index (χ0n) is 13.3. The molecule has 0 bridgehead atoms. The Hall–Kier alpha value is -1.92. The summed E-state index contributed by atoms with van der Waals surface area (Å²) in [6.45, 7) is 3.39. The number of nitrogens with zero attached hydrogens (tertiary/aromatic N) is 1. The van der Waals surface area contributed by atoms with Gasteiger partial charge in [0.25, 0.3) is 0 Å². The summed E-state index contributed by atoms with van der Waals surface area (Å²) in [6.07, 6.45) is -0.320. The third-order valence-corrected chi connectivity index (χ3v) is 4.52. The van der Waals surface area contributed by atoms with Crippen LogP contribution in [0.25, 0.3) is 22.6 Å². The van der Waals surface area contributed by atoms with Gasteiger partial charge in [-0.15, -0.1) is 0 Å². The Morgan fingerprint density at radius 3 is 3.00 bits per heavy atom. The van der Waals surface area contributed by atoms with E-state index in [4.69, 9.17) is 26.5 Å². The van der Waals surface area contributed by atoms with Crippen molar-refractivity contribution in [3.05, 3.63) is 53.1 Å². The van der Waals surface area contributed by atoms with E-state index in [1.807, 2.05) is 37.3 Å². The number of hydrogen-bond acceptors (Lipinski definition) is 5. The number of rotatable bonds is 2. The van der Waals surface area contributed by atoms with Gasteiger partial charge in [-0.05, 0) is 42.8 Å². The molecule has 6 heteroatoms. The lowest BCUT2D eigenvalue weighted by molar-refractivity contribution is -0.107. The molecular formula is C18H18ClN3O2. The molecule has 0 radical (unpaired) electrons. The molecule has 0 amide bonds. The highest BCUT2D eigenvalue weighted by molar-refractivity contribution is 6.31. The summed E-state index contributed by atoms with van der Waals surface area (Å²) in [5.74, 6) is 0.561. The Kier molecular flexibility index (Phi) is 3.81. The third kappa shape index (κ3) is 2.80. The Bertz CT molecular complexity index is 895. The summed E-state index contributed by atoms with van der Waals surface area (Å²) in [4.78, 5) is 4.54. The number of hydrogen-bond donors (Lipinski definition) is 2. The normalized spacial score (nSPS) is 24.4. The fourth-order valence-electron chi connectivity index (χ4n) is 3.05. The van der Waals surface area contributed by atoms with Crippen LogP contribution in [0, 0.1) is 0 Å². The van der Waals surface area contributed by atoms with E-state index in [-0.39, 0.29) is 6.23 Å². The Labute approximate surface area is 144 Å². The maximum atomic E-state index is 6.02. The molecule has 1 aliphatic heterocycles. The molecule has 2 unspecified atom stereocenters. The van der Waals surface area contributed by atoms with Gasteiger partial charge in [-0.2, -0.15) is 0 Å². The number of nitrogens with two attached hydrogens (primary N) is 1. The molecule has 2 atom stereocenters. The number of halogens is 1. The van der Waals surface area contributed by atoms with E-state index in [0.717, 1.165) is 16.6 Å². The van der Waals surface area contributed by atoms with Crippen molar-refractivity contribution in [2.24, 2.45) is 5.73 Å². The highest BCUT2D eigenvalue weighted by atomic mass is 35.5. The van der Waals surface area contributed by atoms with Gasteiger partial charge >= 0.3 is 0 Å². The van der Waals surface area contributed by atoms with Crippen LogP contribution in [-0.2, 0) is 10.3 Å². The summed E-state index contributed by atoms with van der Waals surface area (Å²) >= 11 is 6.02. The number of benzene rings is 2. The number of morpholine rings is 1. The van der Waals surface area contributed by atoms with Crippen LogP contribution in [0.15, 0.2) is 46.9 Å². The number of nitrogens with one attached hydrogen (secondary N) is 1. The van der Waals surface area contributed by atoms with E-state index in [2.05, 4.69) is 10.3 Å². The summed E-state index contributed by atoms with van der Waals surface area (Å²) in [6, 6.07) is 13.4. The maximum absolute atomic E-state index is 6.02. The van der Waals surface area contributed by atoms with Crippen molar-refractivity contribution in [1.82, 2.24) is 10.3 Å². The molecule has 2 aromatic carbocycles. The highest BCUT2D eigenvalue weighted by Crippen LogP contribution is 2.32. The van der Waals surface area contributed by atoms with E-state index in [1.165, 1.54) is 0 Å². The van der Waals surface area contributed by atoms with Crippen molar-refractivity contribution < 1.29 is 9.15 Å². The highest BCUT2D eigenvalue weighted by Gasteiger charge is 2.33. The first-order valence-corrected chi connectivity index (χ1v) is 8.22. The largest absolute Gasteiger partial charge is 0.436 e. The molecule has 1 saturated heterocycles. The Morgan fingerprint density at radius 1 is 1.29 bits per heavy atom. The molecule has 1 aliphatic rings. The molecule has 1 aromatic heterocycles. The van der Waals surface area contributed by atoms with E-state index in [9.17, 15) is 0 Å². The number of oxazole rings is 1. The zero-order valence-corrected chi connectivity index (χ0v) is 14.0. The van der Waals surface area contributed by atoms with Crippen molar-refractivity contribution >= 4 is 22.7 Å². The van der Waals surface area contributed by atoms with Crippen LogP contribution in [0.2, 0.25) is 5.02 Å². The summed E-state index contributed by atoms with van der Waals surface area (Å²) in [7, 11) is 0. The summed E-state index contributed by atoms with van der Waals surface area (Å²) in [5, 5.41) is 3.95. The predicted molar refractivity (Wildman–Crippen MR) is 93.7 cm³/mol. The van der Waals surface area contributed by atoms with Gasteiger partial charge in [-0.25, -0.2) is 4.98 Å². The average molecular weight is 344 g/mol. The third-order valence-electron chi connectivity index (χ3n) is 4.29. The molecule has 124 valence electrons. The quantitative estimate of drug-likeness (QED) is 0.747. The van der Waals surface area contributed by atoms with Crippen LogP contribution >= 0.6 is 11.6 Å². The molecule has 1 fully saturated rings. The molecule has 3 aromatic rings. The fraction of sp³-hybridized carbons (Fsp3) is 0.278. The summed E-state index contributed by atoms with van der Waals surface area (Å²) in [5.41, 5.74) is 8.83. The minimum atomic E-state index is -0.483. The van der Waals surface area contributed by atoms with E-state index in [1.54, 1.807) is 12.1 Å². The van der Waals surface area contributed by atoms with Crippen molar-refractivity contribution in [3.63, 3.8) is 0 Å². The molecule has 2 heterocycles. The molecule has 5 nitrogen and oxygen atoms in total. The monoisotopic (exact) mass is 343 g/mol. The number of aromatic nitrogens is 1. The van der Waals surface area contributed by atoms with Crippen LogP contribution in [0.1, 0.15) is 12.5 Å². The van der Waals surface area contributed by atoms with Crippen LogP contribution in [0.5, 0.6) is 0 Å². The van der Waals surface area contributed by atoms with E-state index >= 15 is 0 Å². The fourth-order valence-corrected chi connectivity index (χ4v) is 3.21. The first-order chi connectivity index (χ1) is 11.5.